The third-order valence-corrected chi connectivity index (χ3v) is 4.10. The topological polar surface area (TPSA) is 101 Å². The van der Waals surface area contributed by atoms with Gasteiger partial charge in [-0.25, -0.2) is 0 Å². The van der Waals surface area contributed by atoms with E-state index in [-0.39, 0.29) is 36.8 Å². The maximum Gasteiger partial charge on any atom is 0.273 e. The summed E-state index contributed by atoms with van der Waals surface area (Å²) >= 11 is 0. The number of halogens is 1. The van der Waals surface area contributed by atoms with Gasteiger partial charge >= 0.3 is 0 Å². The Balaban J connectivity index is 0.00000176. The summed E-state index contributed by atoms with van der Waals surface area (Å²) < 4.78 is 5.18. The van der Waals surface area contributed by atoms with E-state index in [9.17, 15) is 9.59 Å². The van der Waals surface area contributed by atoms with Gasteiger partial charge in [-0.05, 0) is 25.7 Å². The molecular weight excluding hydrogens is 308 g/mol. The van der Waals surface area contributed by atoms with Crippen LogP contribution in [0.2, 0.25) is 0 Å². The lowest BCUT2D eigenvalue weighted by atomic mass is 10.0. The zero-order valence-electron chi connectivity index (χ0n) is 12.3. The molecule has 1 saturated carbocycles. The number of nitrogens with one attached hydrogen (secondary N) is 1. The maximum atomic E-state index is 12.1. The molecule has 122 valence electrons. The Bertz CT molecular complexity index is 536. The van der Waals surface area contributed by atoms with Crippen LogP contribution in [-0.4, -0.2) is 47.5 Å². The molecule has 0 aromatic carbocycles. The fraction of sp³-hybridized carbons (Fsp3) is 0.643. The molecular formula is C14H21ClN4O3. The summed E-state index contributed by atoms with van der Waals surface area (Å²) in [6.07, 6.45) is 3.71. The van der Waals surface area contributed by atoms with Gasteiger partial charge in [0, 0.05) is 31.1 Å². The summed E-state index contributed by atoms with van der Waals surface area (Å²) in [4.78, 5) is 25.3. The maximum absolute atomic E-state index is 12.1. The molecule has 0 atom stereocenters. The standard InChI is InChI=1S/C14H20N4O3.ClH/c15-8-13(19)18-5-3-10(4-6-18)16-14(20)11-7-12(21-17-11)9-1-2-9;/h7,9-10H,1-6,8,15H2,(H,16,20);1H. The van der Waals surface area contributed by atoms with Crippen LogP contribution in [0.4, 0.5) is 0 Å². The smallest absolute Gasteiger partial charge is 0.273 e. The molecule has 0 bridgehead atoms. The molecule has 2 amide bonds. The molecule has 3 N–H and O–H groups in total. The van der Waals surface area contributed by atoms with E-state index in [1.807, 2.05) is 0 Å². The average molecular weight is 329 g/mol. The van der Waals surface area contributed by atoms with Crippen molar-refractivity contribution in [2.24, 2.45) is 5.73 Å². The van der Waals surface area contributed by atoms with Crippen molar-refractivity contribution >= 4 is 24.2 Å². The fourth-order valence-electron chi connectivity index (χ4n) is 2.62. The van der Waals surface area contributed by atoms with E-state index in [1.165, 1.54) is 0 Å². The van der Waals surface area contributed by atoms with Crippen molar-refractivity contribution in [2.45, 2.75) is 37.6 Å². The van der Waals surface area contributed by atoms with E-state index in [4.69, 9.17) is 10.3 Å². The molecule has 1 aromatic rings. The lowest BCUT2D eigenvalue weighted by molar-refractivity contribution is -0.130. The minimum atomic E-state index is -0.200. The van der Waals surface area contributed by atoms with Gasteiger partial charge in [0.15, 0.2) is 5.69 Å². The van der Waals surface area contributed by atoms with Gasteiger partial charge in [0.05, 0.1) is 6.54 Å². The van der Waals surface area contributed by atoms with Gasteiger partial charge in [-0.3, -0.25) is 9.59 Å². The predicted octanol–water partition coefficient (Wildman–Crippen LogP) is 0.653. The molecule has 2 aliphatic rings. The molecule has 0 spiro atoms. The Hall–Kier alpha value is -1.60. The summed E-state index contributed by atoms with van der Waals surface area (Å²) in [6.45, 7) is 1.31. The number of likely N-dealkylation sites (tertiary alicyclic amines) is 1. The van der Waals surface area contributed by atoms with Crippen molar-refractivity contribution in [3.05, 3.63) is 17.5 Å². The van der Waals surface area contributed by atoms with E-state index >= 15 is 0 Å². The van der Waals surface area contributed by atoms with Gasteiger partial charge in [0.1, 0.15) is 5.76 Å². The molecule has 1 aliphatic heterocycles. The SMILES string of the molecule is Cl.NCC(=O)N1CCC(NC(=O)c2cc(C3CC3)on2)CC1. The Morgan fingerprint density at radius 1 is 1.32 bits per heavy atom. The predicted molar refractivity (Wildman–Crippen MR) is 81.8 cm³/mol. The largest absolute Gasteiger partial charge is 0.360 e. The Morgan fingerprint density at radius 3 is 2.59 bits per heavy atom. The number of piperidine rings is 1. The second kappa shape index (κ2) is 7.11. The summed E-state index contributed by atoms with van der Waals surface area (Å²) in [6, 6.07) is 1.81. The molecule has 0 radical (unpaired) electrons. The molecule has 3 rings (SSSR count). The van der Waals surface area contributed by atoms with Crippen molar-refractivity contribution in [3.63, 3.8) is 0 Å². The number of hydrogen-bond acceptors (Lipinski definition) is 5. The molecule has 22 heavy (non-hydrogen) atoms. The minimum absolute atomic E-state index is 0. The first-order valence-electron chi connectivity index (χ1n) is 7.42. The molecule has 2 fully saturated rings. The second-order valence-corrected chi connectivity index (χ2v) is 5.72. The first kappa shape index (κ1) is 16.8. The zero-order valence-corrected chi connectivity index (χ0v) is 13.1. The van der Waals surface area contributed by atoms with E-state index in [0.29, 0.717) is 24.7 Å². The van der Waals surface area contributed by atoms with Crippen LogP contribution in [0.25, 0.3) is 0 Å². The third-order valence-electron chi connectivity index (χ3n) is 4.10. The zero-order chi connectivity index (χ0) is 14.8. The second-order valence-electron chi connectivity index (χ2n) is 5.72. The van der Waals surface area contributed by atoms with Gasteiger partial charge < -0.3 is 20.5 Å². The lowest BCUT2D eigenvalue weighted by Crippen LogP contribution is -2.48. The average Bonchev–Trinajstić information content (AvgIpc) is 3.24. The van der Waals surface area contributed by atoms with Crippen LogP contribution in [0.15, 0.2) is 10.6 Å². The minimum Gasteiger partial charge on any atom is -0.360 e. The summed E-state index contributed by atoms with van der Waals surface area (Å²) in [5.41, 5.74) is 5.69. The van der Waals surface area contributed by atoms with Crippen LogP contribution >= 0.6 is 12.4 Å². The van der Waals surface area contributed by atoms with Gasteiger partial charge in [0.2, 0.25) is 5.91 Å². The van der Waals surface area contributed by atoms with Gasteiger partial charge in [0.25, 0.3) is 5.91 Å². The van der Waals surface area contributed by atoms with E-state index in [0.717, 1.165) is 31.4 Å². The fourth-order valence-corrected chi connectivity index (χ4v) is 2.62. The van der Waals surface area contributed by atoms with Crippen molar-refractivity contribution in [1.82, 2.24) is 15.4 Å². The van der Waals surface area contributed by atoms with Crippen molar-refractivity contribution in [3.8, 4) is 0 Å². The summed E-state index contributed by atoms with van der Waals surface area (Å²) in [5.74, 6) is 1.02. The quantitative estimate of drug-likeness (QED) is 0.845. The first-order chi connectivity index (χ1) is 10.2. The van der Waals surface area contributed by atoms with Gasteiger partial charge in [-0.2, -0.15) is 0 Å². The van der Waals surface area contributed by atoms with Gasteiger partial charge in [-0.1, -0.05) is 5.16 Å². The van der Waals surface area contributed by atoms with Crippen LogP contribution in [0.5, 0.6) is 0 Å². The molecule has 2 heterocycles. The Labute approximate surface area is 135 Å². The van der Waals surface area contributed by atoms with Crippen molar-refractivity contribution in [2.75, 3.05) is 19.6 Å². The molecule has 1 aromatic heterocycles. The highest BCUT2D eigenvalue weighted by atomic mass is 35.5. The third kappa shape index (κ3) is 3.78. The van der Waals surface area contributed by atoms with Crippen LogP contribution in [0.3, 0.4) is 0 Å². The number of carbonyl (C=O) groups excluding carboxylic acids is 2. The highest BCUT2D eigenvalue weighted by molar-refractivity contribution is 5.92. The van der Waals surface area contributed by atoms with E-state index < -0.39 is 0 Å². The van der Waals surface area contributed by atoms with E-state index in [1.54, 1.807) is 11.0 Å². The Morgan fingerprint density at radius 2 is 2.00 bits per heavy atom. The highest BCUT2D eigenvalue weighted by Crippen LogP contribution is 2.40. The van der Waals surface area contributed by atoms with Gasteiger partial charge in [-0.15, -0.1) is 12.4 Å². The van der Waals surface area contributed by atoms with Crippen molar-refractivity contribution < 1.29 is 14.1 Å². The molecule has 0 unspecified atom stereocenters. The number of nitrogens with two attached hydrogens (primary N) is 1. The van der Waals surface area contributed by atoms with Crippen LogP contribution < -0.4 is 11.1 Å². The Kier molecular flexibility index (Phi) is 5.42. The number of hydrogen-bond donors (Lipinski definition) is 2. The molecule has 1 saturated heterocycles. The van der Waals surface area contributed by atoms with E-state index in [2.05, 4.69) is 10.5 Å². The molecule has 8 heteroatoms. The molecule has 7 nitrogen and oxygen atoms in total. The summed E-state index contributed by atoms with van der Waals surface area (Å²) in [5, 5.41) is 6.79. The number of nitrogens with zero attached hydrogens (tertiary/aromatic N) is 2. The summed E-state index contributed by atoms with van der Waals surface area (Å²) in [7, 11) is 0. The number of aromatic nitrogens is 1. The monoisotopic (exact) mass is 328 g/mol. The number of carbonyl (C=O) groups is 2. The normalized spacial score (nSPS) is 18.7. The number of rotatable bonds is 4. The van der Waals surface area contributed by atoms with Crippen molar-refractivity contribution in [1.29, 1.82) is 0 Å². The van der Waals surface area contributed by atoms with Crippen LogP contribution in [0, 0.1) is 0 Å². The number of amides is 2. The first-order valence-corrected chi connectivity index (χ1v) is 7.42. The highest BCUT2D eigenvalue weighted by Gasteiger charge is 2.29. The lowest BCUT2D eigenvalue weighted by Gasteiger charge is -2.32. The van der Waals surface area contributed by atoms with Crippen LogP contribution in [0.1, 0.15) is 47.8 Å². The molecule has 1 aliphatic carbocycles. The van der Waals surface area contributed by atoms with Crippen LogP contribution in [-0.2, 0) is 4.79 Å².